The fourth-order valence-electron chi connectivity index (χ4n) is 1.05. The van der Waals surface area contributed by atoms with Gasteiger partial charge in [0.15, 0.2) is 0 Å². The molecule has 1 aromatic carbocycles. The molecule has 0 aromatic heterocycles. The topological polar surface area (TPSA) is 52.9 Å². The first-order valence-corrected chi connectivity index (χ1v) is 5.30. The number of rotatable bonds is 2. The molecule has 1 unspecified atom stereocenters. The molecule has 0 aliphatic rings. The van der Waals surface area contributed by atoms with E-state index in [-0.39, 0.29) is 5.91 Å². The van der Waals surface area contributed by atoms with Gasteiger partial charge in [0, 0.05) is 10.0 Å². The summed E-state index contributed by atoms with van der Waals surface area (Å²) in [7, 11) is 0. The summed E-state index contributed by atoms with van der Waals surface area (Å²) in [5.41, 5.74) is 1.62. The monoisotopic (exact) mass is 266 g/mol. The number of amides is 1. The van der Waals surface area contributed by atoms with Gasteiger partial charge in [-0.2, -0.15) is 5.26 Å². The SMILES string of the molecule is Cc1ccc(C(=O)NC(C)C#N)cc1Br. The lowest BCUT2D eigenvalue weighted by molar-refractivity contribution is 0.0948. The zero-order chi connectivity index (χ0) is 11.4. The van der Waals surface area contributed by atoms with Crippen LogP contribution in [0.2, 0.25) is 0 Å². The molecule has 15 heavy (non-hydrogen) atoms. The number of carbonyl (C=O) groups excluding carboxylic acids is 1. The van der Waals surface area contributed by atoms with Crippen LogP contribution in [0.1, 0.15) is 22.8 Å². The average molecular weight is 267 g/mol. The van der Waals surface area contributed by atoms with Gasteiger partial charge in [-0.25, -0.2) is 0 Å². The Balaban J connectivity index is 2.84. The van der Waals surface area contributed by atoms with Crippen LogP contribution in [0.4, 0.5) is 0 Å². The minimum atomic E-state index is -0.474. The highest BCUT2D eigenvalue weighted by Gasteiger charge is 2.09. The maximum absolute atomic E-state index is 11.6. The second-order valence-corrected chi connectivity index (χ2v) is 4.14. The lowest BCUT2D eigenvalue weighted by Gasteiger charge is -2.07. The van der Waals surface area contributed by atoms with Crippen molar-refractivity contribution >= 4 is 21.8 Å². The van der Waals surface area contributed by atoms with Crippen LogP contribution in [0.3, 0.4) is 0 Å². The van der Waals surface area contributed by atoms with Gasteiger partial charge in [0.1, 0.15) is 6.04 Å². The Hall–Kier alpha value is -1.34. The van der Waals surface area contributed by atoms with Crippen molar-refractivity contribution in [2.45, 2.75) is 19.9 Å². The van der Waals surface area contributed by atoms with Gasteiger partial charge in [-0.15, -0.1) is 0 Å². The highest BCUT2D eigenvalue weighted by Crippen LogP contribution is 2.17. The van der Waals surface area contributed by atoms with Crippen LogP contribution in [0.5, 0.6) is 0 Å². The quantitative estimate of drug-likeness (QED) is 0.894. The summed E-state index contributed by atoms with van der Waals surface area (Å²) in [6, 6.07) is 6.81. The summed E-state index contributed by atoms with van der Waals surface area (Å²) in [5.74, 6) is -0.232. The highest BCUT2D eigenvalue weighted by atomic mass is 79.9. The molecule has 1 rings (SSSR count). The van der Waals surface area contributed by atoms with E-state index in [1.807, 2.05) is 19.1 Å². The normalized spacial score (nSPS) is 11.6. The summed E-state index contributed by atoms with van der Waals surface area (Å²) in [4.78, 5) is 11.6. The van der Waals surface area contributed by atoms with Crippen molar-refractivity contribution in [3.8, 4) is 6.07 Å². The number of aryl methyl sites for hydroxylation is 1. The van der Waals surface area contributed by atoms with E-state index >= 15 is 0 Å². The van der Waals surface area contributed by atoms with Crippen molar-refractivity contribution in [2.75, 3.05) is 0 Å². The van der Waals surface area contributed by atoms with Gasteiger partial charge in [0.05, 0.1) is 6.07 Å². The van der Waals surface area contributed by atoms with Crippen molar-refractivity contribution in [1.29, 1.82) is 5.26 Å². The number of nitrogens with zero attached hydrogens (tertiary/aromatic N) is 1. The minimum absolute atomic E-state index is 0.232. The second-order valence-electron chi connectivity index (χ2n) is 3.29. The lowest BCUT2D eigenvalue weighted by Crippen LogP contribution is -2.31. The van der Waals surface area contributed by atoms with Crippen LogP contribution in [-0.2, 0) is 0 Å². The second kappa shape index (κ2) is 4.94. The number of nitrogens with one attached hydrogen (secondary N) is 1. The number of benzene rings is 1. The van der Waals surface area contributed by atoms with Crippen LogP contribution in [0.15, 0.2) is 22.7 Å². The summed E-state index contributed by atoms with van der Waals surface area (Å²) < 4.78 is 0.889. The third kappa shape index (κ3) is 3.07. The Morgan fingerprint density at radius 3 is 2.80 bits per heavy atom. The molecular weight excluding hydrogens is 256 g/mol. The summed E-state index contributed by atoms with van der Waals surface area (Å²) >= 11 is 3.35. The molecule has 0 saturated heterocycles. The predicted molar refractivity (Wildman–Crippen MR) is 61.4 cm³/mol. The van der Waals surface area contributed by atoms with Crippen LogP contribution in [0, 0.1) is 18.3 Å². The maximum atomic E-state index is 11.6. The Morgan fingerprint density at radius 2 is 2.27 bits per heavy atom. The van der Waals surface area contributed by atoms with Crippen LogP contribution >= 0.6 is 15.9 Å². The molecule has 4 heteroatoms. The Labute approximate surface area is 97.2 Å². The number of hydrogen-bond acceptors (Lipinski definition) is 2. The Kier molecular flexibility index (Phi) is 3.87. The van der Waals surface area contributed by atoms with Crippen molar-refractivity contribution in [1.82, 2.24) is 5.32 Å². The zero-order valence-electron chi connectivity index (χ0n) is 8.54. The van der Waals surface area contributed by atoms with Gasteiger partial charge < -0.3 is 5.32 Å². The largest absolute Gasteiger partial charge is 0.337 e. The molecule has 0 heterocycles. The van der Waals surface area contributed by atoms with E-state index < -0.39 is 6.04 Å². The molecule has 1 aromatic rings. The van der Waals surface area contributed by atoms with Crippen molar-refractivity contribution < 1.29 is 4.79 Å². The molecule has 0 saturated carbocycles. The van der Waals surface area contributed by atoms with Crippen LogP contribution in [-0.4, -0.2) is 11.9 Å². The highest BCUT2D eigenvalue weighted by molar-refractivity contribution is 9.10. The number of nitriles is 1. The smallest absolute Gasteiger partial charge is 0.252 e. The Bertz CT molecular complexity index is 423. The lowest BCUT2D eigenvalue weighted by atomic mass is 10.1. The molecule has 1 amide bonds. The van der Waals surface area contributed by atoms with E-state index in [4.69, 9.17) is 5.26 Å². The van der Waals surface area contributed by atoms with E-state index in [0.29, 0.717) is 5.56 Å². The number of halogens is 1. The molecule has 0 bridgehead atoms. The van der Waals surface area contributed by atoms with Crippen LogP contribution < -0.4 is 5.32 Å². The first kappa shape index (κ1) is 11.7. The molecule has 78 valence electrons. The van der Waals surface area contributed by atoms with Crippen LogP contribution in [0.25, 0.3) is 0 Å². The number of hydrogen-bond donors (Lipinski definition) is 1. The van der Waals surface area contributed by atoms with Gasteiger partial charge in [-0.1, -0.05) is 22.0 Å². The molecule has 3 nitrogen and oxygen atoms in total. The molecule has 0 aliphatic heterocycles. The predicted octanol–water partition coefficient (Wildman–Crippen LogP) is 2.40. The molecule has 0 fully saturated rings. The zero-order valence-corrected chi connectivity index (χ0v) is 10.1. The third-order valence-electron chi connectivity index (χ3n) is 1.98. The summed E-state index contributed by atoms with van der Waals surface area (Å²) in [6.45, 7) is 3.59. The molecule has 1 atom stereocenters. The standard InChI is InChI=1S/C11H11BrN2O/c1-7-3-4-9(5-10(7)12)11(15)14-8(2)6-13/h3-5,8H,1-2H3,(H,14,15). The van der Waals surface area contributed by atoms with E-state index in [1.54, 1.807) is 19.1 Å². The van der Waals surface area contributed by atoms with Crippen molar-refractivity contribution in [3.63, 3.8) is 0 Å². The Morgan fingerprint density at radius 1 is 1.60 bits per heavy atom. The molecule has 1 N–H and O–H groups in total. The maximum Gasteiger partial charge on any atom is 0.252 e. The van der Waals surface area contributed by atoms with E-state index in [1.165, 1.54) is 0 Å². The van der Waals surface area contributed by atoms with Gasteiger partial charge in [-0.05, 0) is 31.5 Å². The summed E-state index contributed by atoms with van der Waals surface area (Å²) in [5, 5.41) is 11.1. The average Bonchev–Trinajstić information content (AvgIpc) is 2.21. The molecule has 0 aliphatic carbocycles. The van der Waals surface area contributed by atoms with E-state index in [2.05, 4.69) is 21.2 Å². The van der Waals surface area contributed by atoms with Crippen molar-refractivity contribution in [3.05, 3.63) is 33.8 Å². The molecular formula is C11H11BrN2O. The number of carbonyl (C=O) groups is 1. The van der Waals surface area contributed by atoms with Gasteiger partial charge in [-0.3, -0.25) is 4.79 Å². The van der Waals surface area contributed by atoms with E-state index in [9.17, 15) is 4.79 Å². The van der Waals surface area contributed by atoms with Gasteiger partial charge in [0.25, 0.3) is 5.91 Å². The molecule has 0 spiro atoms. The molecule has 0 radical (unpaired) electrons. The fourth-order valence-corrected chi connectivity index (χ4v) is 1.43. The van der Waals surface area contributed by atoms with E-state index in [0.717, 1.165) is 10.0 Å². The van der Waals surface area contributed by atoms with Gasteiger partial charge >= 0.3 is 0 Å². The van der Waals surface area contributed by atoms with Gasteiger partial charge in [0.2, 0.25) is 0 Å². The first-order valence-electron chi connectivity index (χ1n) is 4.51. The minimum Gasteiger partial charge on any atom is -0.337 e. The first-order chi connectivity index (χ1) is 7.04. The van der Waals surface area contributed by atoms with Crippen molar-refractivity contribution in [2.24, 2.45) is 0 Å². The summed E-state index contributed by atoms with van der Waals surface area (Å²) in [6.07, 6.45) is 0. The third-order valence-corrected chi connectivity index (χ3v) is 2.83. The fraction of sp³-hybridized carbons (Fsp3) is 0.273.